The zero-order chi connectivity index (χ0) is 22.1. The molecule has 0 unspecified atom stereocenters. The van der Waals surface area contributed by atoms with Crippen molar-refractivity contribution in [2.75, 3.05) is 0 Å². The van der Waals surface area contributed by atoms with E-state index in [1.807, 2.05) is 30.3 Å². The quantitative estimate of drug-likeness (QED) is 0.372. The van der Waals surface area contributed by atoms with E-state index in [0.29, 0.717) is 22.4 Å². The molecule has 7 heteroatoms. The molecule has 162 valence electrons. The van der Waals surface area contributed by atoms with Gasteiger partial charge >= 0.3 is 5.97 Å². The molecule has 4 aromatic rings. The summed E-state index contributed by atoms with van der Waals surface area (Å²) in [6.07, 6.45) is 5.98. The van der Waals surface area contributed by atoms with E-state index in [-0.39, 0.29) is 11.7 Å². The van der Waals surface area contributed by atoms with E-state index in [4.69, 9.17) is 21.4 Å². The van der Waals surface area contributed by atoms with Gasteiger partial charge in [-0.1, -0.05) is 54.4 Å². The van der Waals surface area contributed by atoms with Crippen molar-refractivity contribution >= 4 is 28.7 Å². The second-order valence-electron chi connectivity index (χ2n) is 8.07. The van der Waals surface area contributed by atoms with Crippen LogP contribution in [-0.2, 0) is 0 Å². The van der Waals surface area contributed by atoms with Crippen molar-refractivity contribution < 1.29 is 14.6 Å². The number of benzene rings is 2. The van der Waals surface area contributed by atoms with Crippen molar-refractivity contribution in [1.82, 2.24) is 15.0 Å². The largest absolute Gasteiger partial charge is 0.478 e. The summed E-state index contributed by atoms with van der Waals surface area (Å²) in [4.78, 5) is 23.4. The Morgan fingerprint density at radius 2 is 1.56 bits per heavy atom. The van der Waals surface area contributed by atoms with Crippen LogP contribution >= 0.6 is 11.6 Å². The molecule has 2 aromatic heterocycles. The fraction of sp³-hybridized carbons (Fsp3) is 0.240. The lowest BCUT2D eigenvalue weighted by Crippen LogP contribution is -2.20. The fourth-order valence-electron chi connectivity index (χ4n) is 4.12. The van der Waals surface area contributed by atoms with Gasteiger partial charge in [0, 0.05) is 5.56 Å². The first-order valence-corrected chi connectivity index (χ1v) is 11.1. The molecule has 2 N–H and O–H groups in total. The molecule has 1 saturated carbocycles. The van der Waals surface area contributed by atoms with Crippen LogP contribution in [0, 0.1) is 0 Å². The number of carbonyl (C=O) groups is 1. The first-order chi connectivity index (χ1) is 15.6. The predicted octanol–water partition coefficient (Wildman–Crippen LogP) is 6.36. The molecule has 2 heterocycles. The summed E-state index contributed by atoms with van der Waals surface area (Å²) < 4.78 is 6.03. The minimum absolute atomic E-state index is 0.205. The number of nitrogens with zero attached hydrogens (tertiary/aromatic N) is 2. The van der Waals surface area contributed by atoms with Gasteiger partial charge < -0.3 is 14.8 Å². The molecule has 0 aliphatic heterocycles. The molecular weight excluding hydrogens is 426 g/mol. The Morgan fingerprint density at radius 3 is 2.22 bits per heavy atom. The Hall–Kier alpha value is -3.38. The van der Waals surface area contributed by atoms with Gasteiger partial charge in [0.05, 0.1) is 21.8 Å². The average Bonchev–Trinajstić information content (AvgIpc) is 3.20. The summed E-state index contributed by atoms with van der Waals surface area (Å²) in [6.45, 7) is 0. The highest BCUT2D eigenvalue weighted by Crippen LogP contribution is 2.32. The second kappa shape index (κ2) is 8.63. The summed E-state index contributed by atoms with van der Waals surface area (Å²) in [5.41, 5.74) is 5.03. The Labute approximate surface area is 190 Å². The van der Waals surface area contributed by atoms with E-state index in [1.165, 1.54) is 19.3 Å². The number of nitrogens with one attached hydrogen (secondary N) is 1. The minimum atomic E-state index is -0.936. The molecule has 1 aliphatic carbocycles. The molecule has 1 aliphatic rings. The number of aromatic nitrogens is 3. The predicted molar refractivity (Wildman–Crippen MR) is 124 cm³/mol. The number of aromatic carboxylic acids is 1. The standard InChI is InChI=1S/C25H22ClN3O3/c26-20-14-21-23(29-25(27-21)32-19-4-2-1-3-5-19)28-22(20)17-10-6-15(7-11-17)16-8-12-18(13-9-16)24(30)31/h6-14,19H,1-5H2,(H,30,31)(H,27,28,29). The third-order valence-electron chi connectivity index (χ3n) is 5.86. The van der Waals surface area contributed by atoms with Crippen LogP contribution in [0.15, 0.2) is 54.6 Å². The summed E-state index contributed by atoms with van der Waals surface area (Å²) in [5.74, 6) is -0.936. The lowest BCUT2D eigenvalue weighted by atomic mass is 9.98. The van der Waals surface area contributed by atoms with Crippen LogP contribution in [-0.4, -0.2) is 32.1 Å². The maximum absolute atomic E-state index is 11.0. The Kier molecular flexibility index (Phi) is 5.53. The van der Waals surface area contributed by atoms with Crippen LogP contribution in [0.2, 0.25) is 5.02 Å². The number of fused-ring (bicyclic) bond motifs is 1. The van der Waals surface area contributed by atoms with E-state index in [1.54, 1.807) is 24.3 Å². The Morgan fingerprint density at radius 1 is 0.938 bits per heavy atom. The van der Waals surface area contributed by atoms with Crippen molar-refractivity contribution in [3.63, 3.8) is 0 Å². The summed E-state index contributed by atoms with van der Waals surface area (Å²) in [7, 11) is 0. The minimum Gasteiger partial charge on any atom is -0.478 e. The van der Waals surface area contributed by atoms with Gasteiger partial charge in [0.2, 0.25) is 0 Å². The van der Waals surface area contributed by atoms with Crippen molar-refractivity contribution in [1.29, 1.82) is 0 Å². The van der Waals surface area contributed by atoms with Crippen LogP contribution < -0.4 is 4.74 Å². The maximum atomic E-state index is 11.0. The zero-order valence-electron chi connectivity index (χ0n) is 17.3. The van der Waals surface area contributed by atoms with Crippen molar-refractivity contribution in [2.24, 2.45) is 0 Å². The molecule has 1 fully saturated rings. The molecule has 2 aromatic carbocycles. The number of aromatic amines is 1. The number of carboxylic acid groups (broad SMARTS) is 1. The number of ether oxygens (including phenoxy) is 1. The van der Waals surface area contributed by atoms with Crippen LogP contribution in [0.1, 0.15) is 42.5 Å². The number of hydrogen-bond donors (Lipinski definition) is 2. The monoisotopic (exact) mass is 447 g/mol. The topological polar surface area (TPSA) is 88.1 Å². The average molecular weight is 448 g/mol. The SMILES string of the molecule is O=C(O)c1ccc(-c2ccc(-c3nc4nc(OC5CCCCC5)[nH]c4cc3Cl)cc2)cc1. The summed E-state index contributed by atoms with van der Waals surface area (Å²) in [6, 6.07) is 17.0. The number of hydrogen-bond acceptors (Lipinski definition) is 4. The first kappa shape index (κ1) is 20.5. The Bertz CT molecular complexity index is 1260. The second-order valence-corrected chi connectivity index (χ2v) is 8.48. The van der Waals surface area contributed by atoms with Crippen LogP contribution in [0.4, 0.5) is 0 Å². The van der Waals surface area contributed by atoms with Gasteiger partial charge in [0.15, 0.2) is 5.65 Å². The van der Waals surface area contributed by atoms with Crippen molar-refractivity contribution in [3.8, 4) is 28.4 Å². The molecule has 5 rings (SSSR count). The molecular formula is C25H22ClN3O3. The lowest BCUT2D eigenvalue weighted by molar-refractivity contribution is 0.0697. The fourth-order valence-corrected chi connectivity index (χ4v) is 4.38. The molecule has 0 bridgehead atoms. The highest BCUT2D eigenvalue weighted by atomic mass is 35.5. The van der Waals surface area contributed by atoms with Gasteiger partial charge in [-0.2, -0.15) is 4.98 Å². The molecule has 0 radical (unpaired) electrons. The van der Waals surface area contributed by atoms with E-state index in [0.717, 1.165) is 35.0 Å². The zero-order valence-corrected chi connectivity index (χ0v) is 18.1. The van der Waals surface area contributed by atoms with Crippen LogP contribution in [0.5, 0.6) is 6.01 Å². The highest BCUT2D eigenvalue weighted by molar-refractivity contribution is 6.33. The molecule has 0 spiro atoms. The number of halogens is 1. The molecule has 6 nitrogen and oxygen atoms in total. The lowest BCUT2D eigenvalue weighted by Gasteiger charge is -2.21. The molecule has 0 amide bonds. The first-order valence-electron chi connectivity index (χ1n) is 10.7. The summed E-state index contributed by atoms with van der Waals surface area (Å²) in [5, 5.41) is 9.59. The normalized spacial score (nSPS) is 14.5. The van der Waals surface area contributed by atoms with Crippen molar-refractivity contribution in [2.45, 2.75) is 38.2 Å². The number of carboxylic acids is 1. The van der Waals surface area contributed by atoms with Gasteiger partial charge in [-0.15, -0.1) is 0 Å². The Balaban J connectivity index is 1.39. The number of H-pyrrole nitrogens is 1. The number of imidazole rings is 1. The molecule has 32 heavy (non-hydrogen) atoms. The van der Waals surface area contributed by atoms with Gasteiger partial charge in [-0.3, -0.25) is 0 Å². The van der Waals surface area contributed by atoms with Gasteiger partial charge in [0.1, 0.15) is 6.10 Å². The molecule has 0 atom stereocenters. The van der Waals surface area contributed by atoms with Crippen molar-refractivity contribution in [3.05, 3.63) is 65.2 Å². The van der Waals surface area contributed by atoms with Gasteiger partial charge in [0.25, 0.3) is 6.01 Å². The van der Waals surface area contributed by atoms with E-state index in [2.05, 4.69) is 15.0 Å². The smallest absolute Gasteiger partial charge is 0.335 e. The summed E-state index contributed by atoms with van der Waals surface area (Å²) >= 11 is 6.54. The number of pyridine rings is 1. The van der Waals surface area contributed by atoms with Gasteiger partial charge in [-0.25, -0.2) is 9.78 Å². The molecule has 0 saturated heterocycles. The van der Waals surface area contributed by atoms with Crippen LogP contribution in [0.25, 0.3) is 33.5 Å². The highest BCUT2D eigenvalue weighted by Gasteiger charge is 2.18. The van der Waals surface area contributed by atoms with E-state index < -0.39 is 5.97 Å². The van der Waals surface area contributed by atoms with E-state index in [9.17, 15) is 4.79 Å². The van der Waals surface area contributed by atoms with Crippen LogP contribution in [0.3, 0.4) is 0 Å². The van der Waals surface area contributed by atoms with E-state index >= 15 is 0 Å². The van der Waals surface area contributed by atoms with Gasteiger partial charge in [-0.05, 0) is 55.0 Å². The maximum Gasteiger partial charge on any atom is 0.335 e. The third-order valence-corrected chi connectivity index (χ3v) is 6.15. The third kappa shape index (κ3) is 4.18. The number of rotatable bonds is 5.